The Balaban J connectivity index is 0.972. The van der Waals surface area contributed by atoms with Crippen molar-refractivity contribution < 1.29 is 0 Å². The first-order valence-corrected chi connectivity index (χ1v) is 23.2. The Labute approximate surface area is 390 Å². The molecule has 1 aromatic heterocycles. The Morgan fingerprint density at radius 3 is 1.64 bits per heavy atom. The molecule has 2 heteroatoms. The standard InChI is InChI=1S/C65H44N2/c1-4-24-50(25-5-1)65(51-26-6-2-7-27-51)60-34-14-12-32-56(60)57-39-38-54(44-61(57)65)66(62-36-18-20-45-19-10-11-31-55(45)62)53-30-17-23-48(42-53)46-21-16-22-47(41-46)49-37-40-64-59(43-49)58-33-13-15-35-63(58)67(64)52-28-8-3-9-29-52/h1-44H. The third kappa shape index (κ3) is 6.18. The Morgan fingerprint density at radius 1 is 0.313 bits per heavy atom. The normalized spacial score (nSPS) is 12.6. The van der Waals surface area contributed by atoms with Gasteiger partial charge in [0.05, 0.1) is 22.1 Å². The summed E-state index contributed by atoms with van der Waals surface area (Å²) in [5, 5.41) is 4.90. The zero-order valence-corrected chi connectivity index (χ0v) is 36.8. The number of fused-ring (bicyclic) bond motifs is 7. The Bertz CT molecular complexity index is 3770. The SMILES string of the molecule is c1ccc(-n2c3ccccc3c3cc(-c4cccc(-c5cccc(N(c6ccc7c(c6)C(c6ccccc6)(c6ccccc6)c6ccccc6-7)c6cccc7ccccc67)c5)c4)ccc32)cc1. The minimum Gasteiger partial charge on any atom is -0.310 e. The first-order valence-electron chi connectivity index (χ1n) is 23.2. The molecule has 1 aliphatic carbocycles. The van der Waals surface area contributed by atoms with E-state index in [0.717, 1.165) is 28.3 Å². The van der Waals surface area contributed by atoms with Gasteiger partial charge in [-0.3, -0.25) is 0 Å². The number of anilines is 3. The van der Waals surface area contributed by atoms with E-state index in [4.69, 9.17) is 0 Å². The van der Waals surface area contributed by atoms with Crippen molar-refractivity contribution in [3.8, 4) is 39.1 Å². The summed E-state index contributed by atoms with van der Waals surface area (Å²) in [5.41, 5.74) is 18.7. The van der Waals surface area contributed by atoms with Gasteiger partial charge in [0.2, 0.25) is 0 Å². The quantitative estimate of drug-likeness (QED) is 0.148. The number of para-hydroxylation sites is 2. The molecule has 0 N–H and O–H groups in total. The molecule has 0 saturated carbocycles. The number of aromatic nitrogens is 1. The van der Waals surface area contributed by atoms with Crippen molar-refractivity contribution in [1.82, 2.24) is 4.57 Å². The number of hydrogen-bond donors (Lipinski definition) is 0. The predicted octanol–water partition coefficient (Wildman–Crippen LogP) is 17.1. The molecule has 0 aliphatic heterocycles. The van der Waals surface area contributed by atoms with Crippen LogP contribution in [0.4, 0.5) is 17.1 Å². The van der Waals surface area contributed by atoms with Crippen LogP contribution < -0.4 is 4.90 Å². The van der Waals surface area contributed by atoms with Crippen molar-refractivity contribution in [2.45, 2.75) is 5.41 Å². The number of rotatable bonds is 8. The largest absolute Gasteiger partial charge is 0.310 e. The van der Waals surface area contributed by atoms with Gasteiger partial charge in [0.15, 0.2) is 0 Å². The summed E-state index contributed by atoms with van der Waals surface area (Å²) in [6.07, 6.45) is 0. The summed E-state index contributed by atoms with van der Waals surface area (Å²) in [4.78, 5) is 2.47. The first-order chi connectivity index (χ1) is 33.2. The van der Waals surface area contributed by atoms with Gasteiger partial charge in [-0.05, 0) is 128 Å². The molecule has 13 rings (SSSR count). The van der Waals surface area contributed by atoms with E-state index in [1.807, 2.05) is 0 Å². The minimum absolute atomic E-state index is 0.517. The van der Waals surface area contributed by atoms with Crippen LogP contribution in [0.3, 0.4) is 0 Å². The van der Waals surface area contributed by atoms with E-state index in [0.29, 0.717) is 0 Å². The van der Waals surface area contributed by atoms with Crippen molar-refractivity contribution in [1.29, 1.82) is 0 Å². The van der Waals surface area contributed by atoms with E-state index in [2.05, 4.69) is 276 Å². The molecular weight excluding hydrogens is 809 g/mol. The zero-order chi connectivity index (χ0) is 44.3. The molecule has 11 aromatic carbocycles. The van der Waals surface area contributed by atoms with E-state index >= 15 is 0 Å². The van der Waals surface area contributed by atoms with E-state index < -0.39 is 5.41 Å². The summed E-state index contributed by atoms with van der Waals surface area (Å²) in [6.45, 7) is 0. The van der Waals surface area contributed by atoms with Crippen molar-refractivity contribution in [3.05, 3.63) is 289 Å². The van der Waals surface area contributed by atoms with E-state index in [1.54, 1.807) is 0 Å². The van der Waals surface area contributed by atoms with Crippen molar-refractivity contribution in [2.24, 2.45) is 0 Å². The van der Waals surface area contributed by atoms with E-state index in [-0.39, 0.29) is 0 Å². The molecule has 0 fully saturated rings. The lowest BCUT2D eigenvalue weighted by molar-refractivity contribution is 0.768. The number of benzene rings is 11. The summed E-state index contributed by atoms with van der Waals surface area (Å²) >= 11 is 0. The molecule has 1 aliphatic rings. The van der Waals surface area contributed by atoms with Crippen LogP contribution in [0.15, 0.2) is 267 Å². The number of hydrogen-bond acceptors (Lipinski definition) is 1. The van der Waals surface area contributed by atoms with Gasteiger partial charge in [-0.15, -0.1) is 0 Å². The van der Waals surface area contributed by atoms with Crippen molar-refractivity contribution in [2.75, 3.05) is 4.90 Å². The molecule has 0 atom stereocenters. The topological polar surface area (TPSA) is 8.17 Å². The van der Waals surface area contributed by atoms with Gasteiger partial charge in [0.25, 0.3) is 0 Å². The van der Waals surface area contributed by atoms with Crippen LogP contribution in [0.25, 0.3) is 71.6 Å². The lowest BCUT2D eigenvalue weighted by Crippen LogP contribution is -2.28. The highest BCUT2D eigenvalue weighted by atomic mass is 15.1. The van der Waals surface area contributed by atoms with Gasteiger partial charge in [-0.25, -0.2) is 0 Å². The maximum absolute atomic E-state index is 2.47. The highest BCUT2D eigenvalue weighted by molar-refractivity contribution is 6.10. The van der Waals surface area contributed by atoms with Gasteiger partial charge in [0, 0.05) is 33.2 Å². The maximum atomic E-state index is 2.47. The third-order valence-electron chi connectivity index (χ3n) is 14.0. The Kier molecular flexibility index (Phi) is 9.11. The first kappa shape index (κ1) is 38.7. The second-order valence-corrected chi connectivity index (χ2v) is 17.6. The fraction of sp³-hybridized carbons (Fsp3) is 0.0154. The number of nitrogens with zero attached hydrogens (tertiary/aromatic N) is 2. The van der Waals surface area contributed by atoms with E-state index in [1.165, 1.54) is 82.6 Å². The molecule has 67 heavy (non-hydrogen) atoms. The van der Waals surface area contributed by atoms with Crippen LogP contribution in [0.5, 0.6) is 0 Å². The second-order valence-electron chi connectivity index (χ2n) is 17.6. The lowest BCUT2D eigenvalue weighted by atomic mass is 9.67. The lowest BCUT2D eigenvalue weighted by Gasteiger charge is -2.35. The summed E-state index contributed by atoms with van der Waals surface area (Å²) in [5.74, 6) is 0. The summed E-state index contributed by atoms with van der Waals surface area (Å²) in [6, 6.07) is 98.1. The second kappa shape index (κ2) is 15.8. The fourth-order valence-corrected chi connectivity index (χ4v) is 11.1. The molecule has 0 radical (unpaired) electrons. The molecular formula is C65H44N2. The molecule has 314 valence electrons. The van der Waals surface area contributed by atoms with Gasteiger partial charge in [0.1, 0.15) is 0 Å². The van der Waals surface area contributed by atoms with Crippen molar-refractivity contribution >= 4 is 49.6 Å². The van der Waals surface area contributed by atoms with Gasteiger partial charge in [-0.1, -0.05) is 200 Å². The third-order valence-corrected chi connectivity index (χ3v) is 14.0. The van der Waals surface area contributed by atoms with Gasteiger partial charge >= 0.3 is 0 Å². The van der Waals surface area contributed by atoms with Crippen molar-refractivity contribution in [3.63, 3.8) is 0 Å². The molecule has 0 saturated heterocycles. The predicted molar refractivity (Wildman–Crippen MR) is 281 cm³/mol. The highest BCUT2D eigenvalue weighted by Crippen LogP contribution is 2.57. The van der Waals surface area contributed by atoms with Gasteiger partial charge < -0.3 is 9.47 Å². The molecule has 2 nitrogen and oxygen atoms in total. The van der Waals surface area contributed by atoms with Crippen LogP contribution in [0, 0.1) is 0 Å². The van der Waals surface area contributed by atoms with Crippen LogP contribution >= 0.6 is 0 Å². The van der Waals surface area contributed by atoms with Gasteiger partial charge in [-0.2, -0.15) is 0 Å². The van der Waals surface area contributed by atoms with Crippen LogP contribution in [0.2, 0.25) is 0 Å². The smallest absolute Gasteiger partial charge is 0.0714 e. The van der Waals surface area contributed by atoms with Crippen LogP contribution in [-0.4, -0.2) is 4.57 Å². The fourth-order valence-electron chi connectivity index (χ4n) is 11.1. The molecule has 0 amide bonds. The average Bonchev–Trinajstić information content (AvgIpc) is 3.90. The molecule has 12 aromatic rings. The minimum atomic E-state index is -0.517. The Morgan fingerprint density at radius 2 is 0.866 bits per heavy atom. The molecule has 1 heterocycles. The van der Waals surface area contributed by atoms with Crippen LogP contribution in [-0.2, 0) is 5.41 Å². The molecule has 0 unspecified atom stereocenters. The monoisotopic (exact) mass is 852 g/mol. The highest BCUT2D eigenvalue weighted by Gasteiger charge is 2.46. The average molecular weight is 853 g/mol. The maximum Gasteiger partial charge on any atom is 0.0714 e. The zero-order valence-electron chi connectivity index (χ0n) is 36.8. The molecule has 0 spiro atoms. The Hall–Kier alpha value is -8.72. The summed E-state index contributed by atoms with van der Waals surface area (Å²) in [7, 11) is 0. The molecule has 0 bridgehead atoms. The summed E-state index contributed by atoms with van der Waals surface area (Å²) < 4.78 is 2.38. The van der Waals surface area contributed by atoms with E-state index in [9.17, 15) is 0 Å². The van der Waals surface area contributed by atoms with Crippen LogP contribution in [0.1, 0.15) is 22.3 Å².